The lowest BCUT2D eigenvalue weighted by Crippen LogP contribution is -2.37. The molecule has 0 amide bonds. The first-order valence-corrected chi connectivity index (χ1v) is 29.9. The average Bonchev–Trinajstić information content (AvgIpc) is 3.27. The van der Waals surface area contributed by atoms with Crippen molar-refractivity contribution in [2.24, 2.45) is 0 Å². The van der Waals surface area contributed by atoms with E-state index in [2.05, 4.69) is 26.0 Å². The third-order valence-electron chi connectivity index (χ3n) is 12.8. The van der Waals surface area contributed by atoms with Gasteiger partial charge in [0.2, 0.25) is 0 Å². The fourth-order valence-electron chi connectivity index (χ4n) is 8.36. The van der Waals surface area contributed by atoms with Crippen LogP contribution in [0.25, 0.3) is 0 Å². The first-order valence-electron chi connectivity index (χ1n) is 28.4. The zero-order chi connectivity index (χ0) is 48.5. The van der Waals surface area contributed by atoms with Crippen molar-refractivity contribution >= 4 is 19.8 Å². The first-order chi connectivity index (χ1) is 32.0. The molecule has 0 saturated carbocycles. The second-order valence-corrected chi connectivity index (χ2v) is 22.1. The van der Waals surface area contributed by atoms with Gasteiger partial charge in [-0.1, -0.05) is 244 Å². The Morgan fingerprint density at radius 1 is 0.455 bits per heavy atom. The average molecular weight is 956 g/mol. The van der Waals surface area contributed by atoms with Crippen LogP contribution in [0.4, 0.5) is 0 Å². The molecule has 0 radical (unpaired) electrons. The fourth-order valence-corrected chi connectivity index (χ4v) is 9.09. The van der Waals surface area contributed by atoms with Crippen molar-refractivity contribution in [3.63, 3.8) is 0 Å². The number of nitrogens with zero attached hydrogens (tertiary/aromatic N) is 1. The summed E-state index contributed by atoms with van der Waals surface area (Å²) in [7, 11) is 1.18. The molecule has 10 heteroatoms. The summed E-state index contributed by atoms with van der Waals surface area (Å²) in [6.45, 7) is 4.26. The van der Waals surface area contributed by atoms with Crippen LogP contribution < -0.4 is 4.89 Å². The highest BCUT2D eigenvalue weighted by atomic mass is 31.2. The highest BCUT2D eigenvalue weighted by Crippen LogP contribution is 2.38. The molecule has 0 rings (SSSR count). The second kappa shape index (κ2) is 48.8. The van der Waals surface area contributed by atoms with Gasteiger partial charge < -0.3 is 27.9 Å². The molecule has 0 N–H and O–H groups in total. The van der Waals surface area contributed by atoms with Gasteiger partial charge in [0.15, 0.2) is 6.10 Å². The van der Waals surface area contributed by atoms with Gasteiger partial charge in [-0.3, -0.25) is 14.2 Å². The smallest absolute Gasteiger partial charge is 0.306 e. The number of allylic oxidation sites excluding steroid dienone is 2. The third-order valence-corrected chi connectivity index (χ3v) is 13.7. The van der Waals surface area contributed by atoms with Crippen molar-refractivity contribution in [1.29, 1.82) is 0 Å². The zero-order valence-electron chi connectivity index (χ0n) is 44.4. The molecule has 0 spiro atoms. The van der Waals surface area contributed by atoms with Gasteiger partial charge in [0.05, 0.1) is 27.7 Å². The van der Waals surface area contributed by atoms with E-state index in [9.17, 15) is 19.0 Å². The lowest BCUT2D eigenvalue weighted by molar-refractivity contribution is -0.870. The Labute approximate surface area is 409 Å². The molecule has 392 valence electrons. The fraction of sp³-hybridized carbons (Fsp3) is 0.929. The van der Waals surface area contributed by atoms with E-state index >= 15 is 0 Å². The van der Waals surface area contributed by atoms with E-state index in [-0.39, 0.29) is 32.0 Å². The minimum Gasteiger partial charge on any atom is -0.756 e. The number of phosphoric acid groups is 1. The number of esters is 2. The quantitative estimate of drug-likeness (QED) is 0.0195. The Morgan fingerprint density at radius 3 is 1.12 bits per heavy atom. The molecule has 0 aliphatic carbocycles. The maximum Gasteiger partial charge on any atom is 0.306 e. The van der Waals surface area contributed by atoms with Gasteiger partial charge in [-0.25, -0.2) is 0 Å². The van der Waals surface area contributed by atoms with Gasteiger partial charge >= 0.3 is 11.9 Å². The molecular formula is C56H110NO8P. The number of unbranched alkanes of at least 4 members (excludes halogenated alkanes) is 37. The van der Waals surface area contributed by atoms with Gasteiger partial charge in [-0.15, -0.1) is 0 Å². The van der Waals surface area contributed by atoms with Crippen molar-refractivity contribution < 1.29 is 42.1 Å². The lowest BCUT2D eigenvalue weighted by Gasteiger charge is -2.28. The molecule has 0 aliphatic rings. The number of hydrogen-bond acceptors (Lipinski definition) is 8. The van der Waals surface area contributed by atoms with E-state index < -0.39 is 26.5 Å². The normalized spacial score (nSPS) is 13.4. The summed E-state index contributed by atoms with van der Waals surface area (Å²) < 4.78 is 34.1. The van der Waals surface area contributed by atoms with Crippen molar-refractivity contribution in [3.8, 4) is 0 Å². The zero-order valence-corrected chi connectivity index (χ0v) is 45.3. The van der Waals surface area contributed by atoms with Crippen LogP contribution in [0.3, 0.4) is 0 Å². The minimum atomic E-state index is -4.63. The van der Waals surface area contributed by atoms with Crippen LogP contribution in [-0.4, -0.2) is 70.0 Å². The van der Waals surface area contributed by atoms with Crippen molar-refractivity contribution in [2.45, 2.75) is 290 Å². The Balaban J connectivity index is 4.03. The molecule has 0 aromatic rings. The number of carbonyl (C=O) groups excluding carboxylic acids is 2. The standard InChI is InChI=1S/C56H110NO8P/c1-6-8-10-12-14-16-18-20-22-23-24-25-26-27-28-29-30-31-32-33-34-35-37-38-40-42-44-46-48-55(58)62-52-54(53-64-66(60,61)63-51-50-57(3,4)5)65-56(59)49-47-45-43-41-39-36-21-19-17-15-13-11-9-7-2/h19,21,54H,6-18,20,22-53H2,1-5H3/b21-19-. The molecule has 2 atom stereocenters. The molecule has 0 aromatic carbocycles. The number of rotatable bonds is 53. The van der Waals surface area contributed by atoms with E-state index in [1.54, 1.807) is 0 Å². The van der Waals surface area contributed by atoms with Crippen LogP contribution in [0.5, 0.6) is 0 Å². The predicted octanol–water partition coefficient (Wildman–Crippen LogP) is 16.6. The van der Waals surface area contributed by atoms with E-state index in [1.165, 1.54) is 199 Å². The largest absolute Gasteiger partial charge is 0.756 e. The Kier molecular flexibility index (Phi) is 47.8. The number of phosphoric ester groups is 1. The van der Waals surface area contributed by atoms with Crippen LogP contribution in [0.2, 0.25) is 0 Å². The highest BCUT2D eigenvalue weighted by Gasteiger charge is 2.22. The van der Waals surface area contributed by atoms with Crippen LogP contribution in [-0.2, 0) is 32.7 Å². The molecule has 2 unspecified atom stereocenters. The topological polar surface area (TPSA) is 111 Å². The Morgan fingerprint density at radius 2 is 0.773 bits per heavy atom. The monoisotopic (exact) mass is 956 g/mol. The molecule has 0 bridgehead atoms. The molecule has 0 aliphatic heterocycles. The molecule has 0 saturated heterocycles. The van der Waals surface area contributed by atoms with E-state index in [1.807, 2.05) is 21.1 Å². The number of hydrogen-bond donors (Lipinski definition) is 0. The maximum absolute atomic E-state index is 12.7. The number of carbonyl (C=O) groups is 2. The summed E-state index contributed by atoms with van der Waals surface area (Å²) in [6, 6.07) is 0. The minimum absolute atomic E-state index is 0.0290. The van der Waals surface area contributed by atoms with E-state index in [0.29, 0.717) is 17.4 Å². The predicted molar refractivity (Wildman–Crippen MR) is 278 cm³/mol. The van der Waals surface area contributed by atoms with Gasteiger partial charge in [-0.2, -0.15) is 0 Å². The number of quaternary nitrogens is 1. The summed E-state index contributed by atoms with van der Waals surface area (Å²) in [5.74, 6) is -0.828. The van der Waals surface area contributed by atoms with Crippen molar-refractivity contribution in [1.82, 2.24) is 0 Å². The molecule has 0 fully saturated rings. The van der Waals surface area contributed by atoms with Gasteiger partial charge in [-0.05, 0) is 38.5 Å². The second-order valence-electron chi connectivity index (χ2n) is 20.7. The third kappa shape index (κ3) is 52.1. The maximum atomic E-state index is 12.7. The van der Waals surface area contributed by atoms with Crippen molar-refractivity contribution in [2.75, 3.05) is 47.5 Å². The molecule has 0 heterocycles. The molecule has 66 heavy (non-hydrogen) atoms. The van der Waals surface area contributed by atoms with Crippen LogP contribution in [0.1, 0.15) is 284 Å². The molecule has 9 nitrogen and oxygen atoms in total. The number of likely N-dealkylation sites (N-methyl/N-ethyl adjacent to an activating group) is 1. The Bertz CT molecular complexity index is 1130. The first kappa shape index (κ1) is 64.8. The van der Waals surface area contributed by atoms with Crippen LogP contribution >= 0.6 is 7.82 Å². The van der Waals surface area contributed by atoms with Gasteiger partial charge in [0.1, 0.15) is 19.8 Å². The van der Waals surface area contributed by atoms with E-state index in [0.717, 1.165) is 51.4 Å². The lowest BCUT2D eigenvalue weighted by atomic mass is 10.0. The molecular weight excluding hydrogens is 846 g/mol. The highest BCUT2D eigenvalue weighted by molar-refractivity contribution is 7.45. The summed E-state index contributed by atoms with van der Waals surface area (Å²) in [4.78, 5) is 37.7. The van der Waals surface area contributed by atoms with E-state index in [4.69, 9.17) is 18.5 Å². The van der Waals surface area contributed by atoms with Crippen LogP contribution in [0, 0.1) is 0 Å². The van der Waals surface area contributed by atoms with Crippen molar-refractivity contribution in [3.05, 3.63) is 12.2 Å². The SMILES string of the molecule is CCCCCCC/C=C\CCCCCCCC(=O)OC(COC(=O)CCCCCCCCCCCCCCCCCCCCCCCCCCCCCC)COP(=O)([O-])OCC[N+](C)(C)C. The van der Waals surface area contributed by atoms with Gasteiger partial charge in [0, 0.05) is 12.8 Å². The van der Waals surface area contributed by atoms with Crippen LogP contribution in [0.15, 0.2) is 12.2 Å². The summed E-state index contributed by atoms with van der Waals surface area (Å²) in [5, 5.41) is 0. The number of ether oxygens (including phenoxy) is 2. The molecule has 0 aromatic heterocycles. The Hall–Kier alpha value is -1.25. The summed E-state index contributed by atoms with van der Waals surface area (Å²) in [6.07, 6.45) is 55.5. The van der Waals surface area contributed by atoms with Gasteiger partial charge in [0.25, 0.3) is 7.82 Å². The summed E-state index contributed by atoms with van der Waals surface area (Å²) >= 11 is 0. The summed E-state index contributed by atoms with van der Waals surface area (Å²) in [5.41, 5.74) is 0.